The minimum Gasteiger partial charge on any atom is -0.463 e. The number of rotatable bonds is 6. The van der Waals surface area contributed by atoms with Crippen molar-refractivity contribution in [3.05, 3.63) is 64.9 Å². The number of nitrogens with one attached hydrogen (secondary N) is 1. The molecule has 2 N–H and O–H groups in total. The lowest BCUT2D eigenvalue weighted by Gasteiger charge is -2.07. The molecule has 1 aromatic carbocycles. The van der Waals surface area contributed by atoms with Gasteiger partial charge in [0.15, 0.2) is 5.82 Å². The third-order valence-corrected chi connectivity index (χ3v) is 3.35. The van der Waals surface area contributed by atoms with Crippen molar-refractivity contribution in [1.29, 1.82) is 0 Å². The normalized spacial score (nSPS) is 11.2. The molecule has 0 spiro atoms. The number of carbonyl (C=O) groups is 1. The maximum Gasteiger partial charge on any atom is 0.333 e. The quantitative estimate of drug-likeness (QED) is 0.486. The van der Waals surface area contributed by atoms with Gasteiger partial charge in [0, 0.05) is 23.8 Å². The Bertz CT molecular complexity index is 694. The first kappa shape index (κ1) is 16.7. The van der Waals surface area contributed by atoms with E-state index in [-0.39, 0.29) is 5.97 Å². The van der Waals surface area contributed by atoms with Crippen LogP contribution in [0.4, 0.5) is 5.82 Å². The number of carbonyl (C=O) groups excluding carboxylic acids is 1. The number of nitrogens with zero attached hydrogens (tertiary/aromatic N) is 1. The highest BCUT2D eigenvalue weighted by Crippen LogP contribution is 2.17. The molecule has 0 fully saturated rings. The second-order valence-corrected chi connectivity index (χ2v) is 5.09. The largest absolute Gasteiger partial charge is 0.463 e. The molecule has 1 heterocycles. The minimum absolute atomic E-state index is 0.300. The average molecular weight is 312 g/mol. The number of ether oxygens (including phenoxy) is 1. The summed E-state index contributed by atoms with van der Waals surface area (Å²) >= 11 is 0. The lowest BCUT2D eigenvalue weighted by Crippen LogP contribution is -2.04. The van der Waals surface area contributed by atoms with Crippen LogP contribution in [0, 0.1) is 0 Å². The third kappa shape index (κ3) is 4.66. The van der Waals surface area contributed by atoms with E-state index in [9.17, 15) is 4.79 Å². The molecule has 0 saturated carbocycles. The highest BCUT2D eigenvalue weighted by Gasteiger charge is 2.06. The first-order chi connectivity index (χ1) is 11.1. The summed E-state index contributed by atoms with van der Waals surface area (Å²) in [4.78, 5) is 15.7. The molecule has 0 aliphatic carbocycles. The van der Waals surface area contributed by atoms with E-state index in [1.165, 1.54) is 0 Å². The summed E-state index contributed by atoms with van der Waals surface area (Å²) in [5, 5.41) is 9.07. The summed E-state index contributed by atoms with van der Waals surface area (Å²) < 4.78 is 4.96. The van der Waals surface area contributed by atoms with Gasteiger partial charge in [-0.25, -0.2) is 9.78 Å². The maximum absolute atomic E-state index is 11.6. The van der Waals surface area contributed by atoms with E-state index in [1.54, 1.807) is 26.1 Å². The minimum atomic E-state index is -0.300. The first-order valence-corrected chi connectivity index (χ1v) is 7.42. The molecule has 2 aromatic rings. The molecular weight excluding hydrogens is 292 g/mol. The van der Waals surface area contributed by atoms with Crippen LogP contribution in [0.25, 0.3) is 6.08 Å². The molecule has 5 heteroatoms. The molecule has 0 radical (unpaired) electrons. The first-order valence-electron chi connectivity index (χ1n) is 7.42. The number of hydrogen-bond donors (Lipinski definition) is 2. The molecule has 1 aromatic heterocycles. The second kappa shape index (κ2) is 8.10. The van der Waals surface area contributed by atoms with Gasteiger partial charge in [-0.05, 0) is 37.1 Å². The fourth-order valence-corrected chi connectivity index (χ4v) is 2.19. The average Bonchev–Trinajstić information content (AvgIpc) is 2.57. The van der Waals surface area contributed by atoms with Gasteiger partial charge in [0.05, 0.1) is 6.61 Å². The molecule has 0 saturated heterocycles. The van der Waals surface area contributed by atoms with Gasteiger partial charge in [-0.3, -0.25) is 10.7 Å². The third-order valence-electron chi connectivity index (χ3n) is 3.35. The zero-order valence-electron chi connectivity index (χ0n) is 13.2. The molecule has 0 atom stereocenters. The Hall–Kier alpha value is -2.66. The van der Waals surface area contributed by atoms with Crippen molar-refractivity contribution in [2.45, 2.75) is 20.3 Å². The summed E-state index contributed by atoms with van der Waals surface area (Å²) in [5.74, 6) is 0.153. The Morgan fingerprint density at radius 2 is 2.04 bits per heavy atom. The van der Waals surface area contributed by atoms with Crippen LogP contribution in [0.5, 0.6) is 0 Å². The Labute approximate surface area is 135 Å². The zero-order chi connectivity index (χ0) is 16.7. The van der Waals surface area contributed by atoms with Crippen molar-refractivity contribution >= 4 is 17.9 Å². The zero-order valence-corrected chi connectivity index (χ0v) is 13.2. The van der Waals surface area contributed by atoms with Gasteiger partial charge in [0.1, 0.15) is 0 Å². The molecule has 5 nitrogen and oxygen atoms in total. The van der Waals surface area contributed by atoms with Gasteiger partial charge in [-0.2, -0.15) is 0 Å². The highest BCUT2D eigenvalue weighted by molar-refractivity contribution is 5.92. The van der Waals surface area contributed by atoms with Crippen molar-refractivity contribution in [3.8, 4) is 0 Å². The molecule has 0 aliphatic heterocycles. The molecule has 23 heavy (non-hydrogen) atoms. The lowest BCUT2D eigenvalue weighted by molar-refractivity contribution is -0.138. The standard InChI is InChI=1S/C18H20N2O3/c1-3-23-18(21)13(2)11-14-6-8-15(9-7-14)12-16-5-4-10-19-17(16)20-22/h4-11,22H,3,12H2,1-2H3,(H,19,20). The lowest BCUT2D eigenvalue weighted by atomic mass is 10.0. The van der Waals surface area contributed by atoms with E-state index in [0.717, 1.165) is 16.7 Å². The highest BCUT2D eigenvalue weighted by atomic mass is 16.5. The summed E-state index contributed by atoms with van der Waals surface area (Å²) in [7, 11) is 0. The van der Waals surface area contributed by atoms with Crippen LogP contribution in [0.1, 0.15) is 30.5 Å². The van der Waals surface area contributed by atoms with Crippen LogP contribution >= 0.6 is 0 Å². The predicted molar refractivity (Wildman–Crippen MR) is 89.2 cm³/mol. The molecule has 0 amide bonds. The van der Waals surface area contributed by atoms with Crippen LogP contribution in [0.2, 0.25) is 0 Å². The van der Waals surface area contributed by atoms with E-state index in [0.29, 0.717) is 24.4 Å². The van der Waals surface area contributed by atoms with Crippen LogP contribution < -0.4 is 5.48 Å². The molecule has 120 valence electrons. The van der Waals surface area contributed by atoms with Gasteiger partial charge < -0.3 is 4.74 Å². The van der Waals surface area contributed by atoms with E-state index in [2.05, 4.69) is 10.5 Å². The fourth-order valence-electron chi connectivity index (χ4n) is 2.19. The number of aromatic nitrogens is 1. The van der Waals surface area contributed by atoms with Gasteiger partial charge >= 0.3 is 5.97 Å². The van der Waals surface area contributed by atoms with Gasteiger partial charge in [-0.1, -0.05) is 30.3 Å². The Morgan fingerprint density at radius 1 is 1.30 bits per heavy atom. The predicted octanol–water partition coefficient (Wildman–Crippen LogP) is 3.44. The monoisotopic (exact) mass is 312 g/mol. The number of hydrogen-bond acceptors (Lipinski definition) is 5. The molecule has 0 unspecified atom stereocenters. The number of benzene rings is 1. The molecule has 0 aliphatic rings. The van der Waals surface area contributed by atoms with E-state index in [1.807, 2.05) is 36.4 Å². The van der Waals surface area contributed by atoms with Crippen molar-refractivity contribution < 1.29 is 14.7 Å². The summed E-state index contributed by atoms with van der Waals surface area (Å²) in [6.45, 7) is 3.89. The van der Waals surface area contributed by atoms with Crippen molar-refractivity contribution in [2.75, 3.05) is 12.1 Å². The molecular formula is C18H20N2O3. The molecule has 2 rings (SSSR count). The Morgan fingerprint density at radius 3 is 2.70 bits per heavy atom. The van der Waals surface area contributed by atoms with Crippen LogP contribution in [-0.4, -0.2) is 22.8 Å². The van der Waals surface area contributed by atoms with Gasteiger partial charge in [-0.15, -0.1) is 0 Å². The number of esters is 1. The number of pyridine rings is 1. The smallest absolute Gasteiger partial charge is 0.333 e. The number of anilines is 1. The Balaban J connectivity index is 2.10. The summed E-state index contributed by atoms with van der Waals surface area (Å²) in [6, 6.07) is 11.6. The van der Waals surface area contributed by atoms with Crippen LogP contribution in [0.15, 0.2) is 48.2 Å². The van der Waals surface area contributed by atoms with Crippen molar-refractivity contribution in [3.63, 3.8) is 0 Å². The van der Waals surface area contributed by atoms with Gasteiger partial charge in [0.2, 0.25) is 0 Å². The van der Waals surface area contributed by atoms with E-state index < -0.39 is 0 Å². The maximum atomic E-state index is 11.6. The van der Waals surface area contributed by atoms with E-state index in [4.69, 9.17) is 9.94 Å². The summed E-state index contributed by atoms with van der Waals surface area (Å²) in [5.41, 5.74) is 5.60. The molecule has 0 bridgehead atoms. The Kier molecular flexibility index (Phi) is 5.88. The fraction of sp³-hybridized carbons (Fsp3) is 0.222. The van der Waals surface area contributed by atoms with Crippen LogP contribution in [-0.2, 0) is 16.0 Å². The SMILES string of the molecule is CCOC(=O)C(C)=Cc1ccc(Cc2cccnc2NO)cc1. The summed E-state index contributed by atoms with van der Waals surface area (Å²) in [6.07, 6.45) is 4.07. The topological polar surface area (TPSA) is 71.5 Å². The van der Waals surface area contributed by atoms with E-state index >= 15 is 0 Å². The van der Waals surface area contributed by atoms with Gasteiger partial charge in [0.25, 0.3) is 0 Å². The van der Waals surface area contributed by atoms with Crippen molar-refractivity contribution in [1.82, 2.24) is 4.98 Å². The van der Waals surface area contributed by atoms with Crippen molar-refractivity contribution in [2.24, 2.45) is 0 Å². The second-order valence-electron chi connectivity index (χ2n) is 5.09. The van der Waals surface area contributed by atoms with Crippen LogP contribution in [0.3, 0.4) is 0 Å².